The lowest BCUT2D eigenvalue weighted by atomic mass is 10.3. The molecule has 1 N–H and O–H groups in total. The van der Waals surface area contributed by atoms with Gasteiger partial charge in [-0.3, -0.25) is 10.2 Å². The number of carbonyl (C=O) groups is 1. The van der Waals surface area contributed by atoms with E-state index in [0.717, 1.165) is 6.07 Å². The molecule has 0 saturated carbocycles. The smallest absolute Gasteiger partial charge is 0.404 e. The van der Waals surface area contributed by atoms with Crippen LogP contribution in [-0.4, -0.2) is 17.6 Å². The number of amides is 1. The minimum absolute atomic E-state index is 0.0416. The number of para-hydroxylation sites is 2. The van der Waals surface area contributed by atoms with Crippen LogP contribution in [0.2, 0.25) is 0 Å². The van der Waals surface area contributed by atoms with Crippen molar-refractivity contribution in [3.63, 3.8) is 0 Å². The van der Waals surface area contributed by atoms with E-state index in [1.54, 1.807) is 6.92 Å². The fourth-order valence-corrected chi connectivity index (χ4v) is 1.11. The topological polar surface area (TPSA) is 59.9 Å². The summed E-state index contributed by atoms with van der Waals surface area (Å²) in [7, 11) is 0. The predicted molar refractivity (Wildman–Crippen MR) is 66.8 cm³/mol. The van der Waals surface area contributed by atoms with Gasteiger partial charge in [0.15, 0.2) is 5.75 Å². The Kier molecular flexibility index (Phi) is 5.63. The average molecular weight is 311 g/mol. The highest BCUT2D eigenvalue weighted by atomic mass is 35.5. The van der Waals surface area contributed by atoms with Crippen LogP contribution >= 0.6 is 11.6 Å². The van der Waals surface area contributed by atoms with Crippen molar-refractivity contribution in [3.05, 3.63) is 24.3 Å². The monoisotopic (exact) mass is 310 g/mol. The summed E-state index contributed by atoms with van der Waals surface area (Å²) in [4.78, 5) is 15.7. The molecule has 20 heavy (non-hydrogen) atoms. The predicted octanol–water partition coefficient (Wildman–Crippen LogP) is 4.10. The summed E-state index contributed by atoms with van der Waals surface area (Å²) in [5.41, 5.74) is -0.211. The second-order valence-electron chi connectivity index (χ2n) is 3.37. The van der Waals surface area contributed by atoms with Crippen LogP contribution in [0.1, 0.15) is 13.3 Å². The van der Waals surface area contributed by atoms with E-state index in [1.807, 2.05) is 0 Å². The van der Waals surface area contributed by atoms with Gasteiger partial charge >= 0.3 is 12.5 Å². The Hall–Kier alpha value is -1.96. The zero-order valence-corrected chi connectivity index (χ0v) is 11.0. The summed E-state index contributed by atoms with van der Waals surface area (Å²) in [6.07, 6.45) is -5.61. The van der Waals surface area contributed by atoms with Gasteiger partial charge < -0.3 is 4.74 Å². The Morgan fingerprint density at radius 3 is 2.65 bits per heavy atom. The van der Waals surface area contributed by atoms with Crippen molar-refractivity contribution in [1.82, 2.24) is 0 Å². The highest BCUT2D eigenvalue weighted by Crippen LogP contribution is 2.29. The number of benzene rings is 1. The molecule has 0 aromatic heterocycles. The largest absolute Gasteiger partial charge is 0.573 e. The molecule has 0 aliphatic rings. The number of nitrogens with one attached hydrogen (secondary N) is 1. The summed E-state index contributed by atoms with van der Waals surface area (Å²) >= 11 is 5.50. The first-order chi connectivity index (χ1) is 9.31. The summed E-state index contributed by atoms with van der Waals surface area (Å²) in [5.74, 6) is -0.567. The standard InChI is InChI=1S/C11H10ClF3N2O3/c1-2-9(12)17-20-10(18)16-7-5-3-4-6-8(7)19-11(13,14)15/h3-6H,2H2,1H3,(H,16,18)/b17-9-. The molecule has 1 aromatic carbocycles. The van der Waals surface area contributed by atoms with E-state index in [0.29, 0.717) is 6.42 Å². The number of halogens is 4. The molecule has 0 heterocycles. The second-order valence-corrected chi connectivity index (χ2v) is 3.81. The number of rotatable bonds is 4. The van der Waals surface area contributed by atoms with Crippen LogP contribution < -0.4 is 10.1 Å². The number of alkyl halides is 3. The maximum atomic E-state index is 12.2. The van der Waals surface area contributed by atoms with Crippen LogP contribution in [0.25, 0.3) is 0 Å². The van der Waals surface area contributed by atoms with Gasteiger partial charge in [0, 0.05) is 6.42 Å². The molecule has 0 fully saturated rings. The van der Waals surface area contributed by atoms with Crippen LogP contribution in [-0.2, 0) is 4.84 Å². The first-order valence-corrected chi connectivity index (χ1v) is 5.74. The zero-order chi connectivity index (χ0) is 15.2. The lowest BCUT2D eigenvalue weighted by Gasteiger charge is -2.12. The zero-order valence-electron chi connectivity index (χ0n) is 10.2. The molecule has 0 bridgehead atoms. The first-order valence-electron chi connectivity index (χ1n) is 5.37. The number of oxime groups is 1. The highest BCUT2D eigenvalue weighted by Gasteiger charge is 2.32. The van der Waals surface area contributed by atoms with Crippen LogP contribution in [0.5, 0.6) is 5.75 Å². The molecular formula is C11H10ClF3N2O3. The van der Waals surface area contributed by atoms with Gasteiger partial charge in [0.05, 0.1) is 5.69 Å². The molecule has 0 radical (unpaired) electrons. The van der Waals surface area contributed by atoms with E-state index in [2.05, 4.69) is 20.0 Å². The summed E-state index contributed by atoms with van der Waals surface area (Å²) in [6, 6.07) is 5.00. The number of carbonyl (C=O) groups excluding carboxylic acids is 1. The normalized spacial score (nSPS) is 11.9. The number of nitrogens with zero attached hydrogens (tertiary/aromatic N) is 1. The molecule has 1 aromatic rings. The van der Waals surface area contributed by atoms with E-state index in [1.165, 1.54) is 18.2 Å². The van der Waals surface area contributed by atoms with Crippen molar-refractivity contribution >= 4 is 28.6 Å². The fourth-order valence-electron chi connectivity index (χ4n) is 1.07. The van der Waals surface area contributed by atoms with Gasteiger partial charge in [0.25, 0.3) is 0 Å². The lowest BCUT2D eigenvalue weighted by Crippen LogP contribution is -2.19. The molecular weight excluding hydrogens is 301 g/mol. The van der Waals surface area contributed by atoms with E-state index in [-0.39, 0.29) is 10.9 Å². The van der Waals surface area contributed by atoms with Crippen LogP contribution in [0.3, 0.4) is 0 Å². The maximum absolute atomic E-state index is 12.2. The van der Waals surface area contributed by atoms with E-state index < -0.39 is 18.2 Å². The van der Waals surface area contributed by atoms with E-state index in [9.17, 15) is 18.0 Å². The number of ether oxygens (including phenoxy) is 1. The Labute approximate surface area is 117 Å². The molecule has 0 unspecified atom stereocenters. The summed E-state index contributed by atoms with van der Waals surface area (Å²) < 4.78 is 40.2. The number of anilines is 1. The Balaban J connectivity index is 2.75. The van der Waals surface area contributed by atoms with E-state index in [4.69, 9.17) is 11.6 Å². The van der Waals surface area contributed by atoms with Crippen molar-refractivity contribution in [2.24, 2.45) is 5.16 Å². The third kappa shape index (κ3) is 5.79. The Morgan fingerprint density at radius 2 is 2.05 bits per heavy atom. The first kappa shape index (κ1) is 16.1. The van der Waals surface area contributed by atoms with Crippen LogP contribution in [0.4, 0.5) is 23.7 Å². The van der Waals surface area contributed by atoms with Gasteiger partial charge in [0.2, 0.25) is 0 Å². The van der Waals surface area contributed by atoms with Crippen LogP contribution in [0, 0.1) is 0 Å². The molecule has 0 aliphatic heterocycles. The molecule has 0 saturated heterocycles. The maximum Gasteiger partial charge on any atom is 0.573 e. The van der Waals surface area contributed by atoms with E-state index >= 15 is 0 Å². The third-order valence-corrected chi connectivity index (χ3v) is 2.21. The molecule has 1 rings (SSSR count). The SMILES string of the molecule is CC/C(Cl)=N/OC(=O)Nc1ccccc1OC(F)(F)F. The fraction of sp³-hybridized carbons (Fsp3) is 0.273. The number of hydrogen-bond donors (Lipinski definition) is 1. The molecule has 0 atom stereocenters. The van der Waals surface area contributed by atoms with Gasteiger partial charge in [0.1, 0.15) is 5.17 Å². The summed E-state index contributed by atoms with van der Waals surface area (Å²) in [6.45, 7) is 1.68. The minimum atomic E-state index is -4.87. The second kappa shape index (κ2) is 6.99. The minimum Gasteiger partial charge on any atom is -0.404 e. The molecule has 0 aliphatic carbocycles. The van der Waals surface area contributed by atoms with Crippen molar-refractivity contribution in [3.8, 4) is 5.75 Å². The van der Waals surface area contributed by atoms with Gasteiger partial charge in [-0.1, -0.05) is 35.8 Å². The number of hydrogen-bond acceptors (Lipinski definition) is 4. The quantitative estimate of drug-likeness (QED) is 0.517. The van der Waals surface area contributed by atoms with Gasteiger partial charge in [-0.25, -0.2) is 4.79 Å². The molecule has 110 valence electrons. The van der Waals surface area contributed by atoms with Crippen LogP contribution in [0.15, 0.2) is 29.4 Å². The highest BCUT2D eigenvalue weighted by molar-refractivity contribution is 6.65. The van der Waals surface area contributed by atoms with Crippen molar-refractivity contribution in [2.75, 3.05) is 5.32 Å². The molecule has 9 heteroatoms. The van der Waals surface area contributed by atoms with Crippen molar-refractivity contribution < 1.29 is 27.5 Å². The van der Waals surface area contributed by atoms with Gasteiger partial charge in [-0.2, -0.15) is 0 Å². The average Bonchev–Trinajstić information content (AvgIpc) is 2.36. The third-order valence-electron chi connectivity index (χ3n) is 1.87. The van der Waals surface area contributed by atoms with Gasteiger partial charge in [-0.15, -0.1) is 13.2 Å². The Bertz CT molecular complexity index is 506. The molecule has 0 spiro atoms. The molecule has 5 nitrogen and oxygen atoms in total. The summed E-state index contributed by atoms with van der Waals surface area (Å²) in [5, 5.41) is 5.35. The molecule has 1 amide bonds. The van der Waals surface area contributed by atoms with Crippen molar-refractivity contribution in [1.29, 1.82) is 0 Å². The van der Waals surface area contributed by atoms with Gasteiger partial charge in [-0.05, 0) is 12.1 Å². The lowest BCUT2D eigenvalue weighted by molar-refractivity contribution is -0.274. The Morgan fingerprint density at radius 1 is 1.40 bits per heavy atom. The van der Waals surface area contributed by atoms with Crippen molar-refractivity contribution in [2.45, 2.75) is 19.7 Å².